The van der Waals surface area contributed by atoms with Crippen molar-refractivity contribution in [3.05, 3.63) is 18.2 Å². The van der Waals surface area contributed by atoms with Gasteiger partial charge in [-0.1, -0.05) is 6.92 Å². The second kappa shape index (κ2) is 6.77. The van der Waals surface area contributed by atoms with Gasteiger partial charge >= 0.3 is 0 Å². The molecule has 1 N–H and O–H groups in total. The minimum absolute atomic E-state index is 0.818. The molecule has 1 heterocycles. The molecule has 0 bridgehead atoms. The van der Waals surface area contributed by atoms with Crippen molar-refractivity contribution in [1.29, 1.82) is 0 Å². The van der Waals surface area contributed by atoms with E-state index in [1.54, 1.807) is 0 Å². The largest absolute Gasteiger partial charge is 0.380 e. The van der Waals surface area contributed by atoms with Crippen LogP contribution in [0.1, 0.15) is 31.9 Å². The van der Waals surface area contributed by atoms with Gasteiger partial charge in [0, 0.05) is 32.4 Å². The van der Waals surface area contributed by atoms with Gasteiger partial charge in [0.15, 0.2) is 0 Å². The molecule has 1 saturated carbocycles. The van der Waals surface area contributed by atoms with Crippen LogP contribution in [0.25, 0.3) is 0 Å². The lowest BCUT2D eigenvalue weighted by Gasteiger charge is -2.08. The highest BCUT2D eigenvalue weighted by molar-refractivity contribution is 4.97. The molecule has 4 heteroatoms. The number of ether oxygens (including phenoxy) is 1. The number of hydrogen-bond acceptors (Lipinski definition) is 3. The molecule has 0 unspecified atom stereocenters. The Morgan fingerprint density at radius 2 is 2.41 bits per heavy atom. The molecule has 0 radical (unpaired) electrons. The van der Waals surface area contributed by atoms with Gasteiger partial charge in [0.05, 0.1) is 18.6 Å². The zero-order valence-corrected chi connectivity index (χ0v) is 10.7. The lowest BCUT2D eigenvalue weighted by Crippen LogP contribution is -2.21. The molecular formula is C13H23N3O. The molecule has 1 aliphatic rings. The SMILES string of the molecule is CCCn1cncc1CNCCOCC1CC1. The van der Waals surface area contributed by atoms with Gasteiger partial charge in [-0.2, -0.15) is 0 Å². The van der Waals surface area contributed by atoms with Crippen molar-refractivity contribution in [2.75, 3.05) is 19.8 Å². The Morgan fingerprint density at radius 1 is 1.53 bits per heavy atom. The summed E-state index contributed by atoms with van der Waals surface area (Å²) in [6, 6.07) is 0. The summed E-state index contributed by atoms with van der Waals surface area (Å²) in [7, 11) is 0. The van der Waals surface area contributed by atoms with Crippen LogP contribution in [0.5, 0.6) is 0 Å². The van der Waals surface area contributed by atoms with Gasteiger partial charge in [0.25, 0.3) is 0 Å². The van der Waals surface area contributed by atoms with Crippen LogP contribution in [0.3, 0.4) is 0 Å². The van der Waals surface area contributed by atoms with Crippen molar-refractivity contribution in [2.24, 2.45) is 5.92 Å². The van der Waals surface area contributed by atoms with Crippen molar-refractivity contribution in [3.63, 3.8) is 0 Å². The van der Waals surface area contributed by atoms with Crippen LogP contribution in [-0.4, -0.2) is 29.3 Å². The third-order valence-electron chi connectivity index (χ3n) is 3.04. The van der Waals surface area contributed by atoms with E-state index in [1.165, 1.54) is 18.5 Å². The highest BCUT2D eigenvalue weighted by atomic mass is 16.5. The molecule has 0 aromatic carbocycles. The van der Waals surface area contributed by atoms with Crippen LogP contribution < -0.4 is 5.32 Å². The summed E-state index contributed by atoms with van der Waals surface area (Å²) in [4.78, 5) is 4.18. The summed E-state index contributed by atoms with van der Waals surface area (Å²) in [6.45, 7) is 6.81. The van der Waals surface area contributed by atoms with Crippen molar-refractivity contribution in [3.8, 4) is 0 Å². The fourth-order valence-corrected chi connectivity index (χ4v) is 1.83. The molecular weight excluding hydrogens is 214 g/mol. The summed E-state index contributed by atoms with van der Waals surface area (Å²) in [5.74, 6) is 0.862. The van der Waals surface area contributed by atoms with Crippen molar-refractivity contribution in [1.82, 2.24) is 14.9 Å². The lowest BCUT2D eigenvalue weighted by molar-refractivity contribution is 0.126. The molecule has 17 heavy (non-hydrogen) atoms. The van der Waals surface area contributed by atoms with E-state index in [0.717, 1.165) is 45.2 Å². The van der Waals surface area contributed by atoms with E-state index < -0.39 is 0 Å². The number of nitrogens with zero attached hydrogens (tertiary/aromatic N) is 2. The molecule has 0 aliphatic heterocycles. The van der Waals surface area contributed by atoms with Gasteiger partial charge in [0.1, 0.15) is 0 Å². The van der Waals surface area contributed by atoms with E-state index in [9.17, 15) is 0 Å². The van der Waals surface area contributed by atoms with E-state index in [-0.39, 0.29) is 0 Å². The smallest absolute Gasteiger partial charge is 0.0948 e. The molecule has 1 fully saturated rings. The molecule has 1 aliphatic carbocycles. The average Bonchev–Trinajstić information content (AvgIpc) is 3.05. The molecule has 0 atom stereocenters. The van der Waals surface area contributed by atoms with Crippen LogP contribution >= 0.6 is 0 Å². The molecule has 0 saturated heterocycles. The summed E-state index contributed by atoms with van der Waals surface area (Å²) in [6.07, 6.45) is 7.72. The van der Waals surface area contributed by atoms with Crippen LogP contribution in [0, 0.1) is 5.92 Å². The minimum atomic E-state index is 0.818. The van der Waals surface area contributed by atoms with Gasteiger partial charge in [0.2, 0.25) is 0 Å². The van der Waals surface area contributed by atoms with Gasteiger partial charge in [-0.25, -0.2) is 4.98 Å². The number of hydrogen-bond donors (Lipinski definition) is 1. The second-order valence-corrected chi connectivity index (χ2v) is 4.77. The van der Waals surface area contributed by atoms with Crippen LogP contribution in [0.15, 0.2) is 12.5 Å². The standard InChI is InChI=1S/C13H23N3O/c1-2-6-16-11-15-9-13(16)8-14-5-7-17-10-12-3-4-12/h9,11-12,14H,2-8,10H2,1H3. The molecule has 2 rings (SSSR count). The third-order valence-corrected chi connectivity index (χ3v) is 3.04. The third kappa shape index (κ3) is 4.48. The molecule has 96 valence electrons. The van der Waals surface area contributed by atoms with E-state index in [2.05, 4.69) is 21.8 Å². The van der Waals surface area contributed by atoms with E-state index >= 15 is 0 Å². The Kier molecular flexibility index (Phi) is 5.01. The van der Waals surface area contributed by atoms with Crippen molar-refractivity contribution < 1.29 is 4.74 Å². The predicted molar refractivity (Wildman–Crippen MR) is 67.8 cm³/mol. The maximum Gasteiger partial charge on any atom is 0.0948 e. The summed E-state index contributed by atoms with van der Waals surface area (Å²) in [5, 5.41) is 3.39. The summed E-state index contributed by atoms with van der Waals surface area (Å²) in [5.41, 5.74) is 1.26. The zero-order valence-electron chi connectivity index (χ0n) is 10.7. The normalized spacial score (nSPS) is 15.4. The topological polar surface area (TPSA) is 39.1 Å². The zero-order chi connectivity index (χ0) is 11.9. The van der Waals surface area contributed by atoms with E-state index in [4.69, 9.17) is 4.74 Å². The number of imidazole rings is 1. The first-order chi connectivity index (χ1) is 8.40. The first-order valence-corrected chi connectivity index (χ1v) is 6.67. The van der Waals surface area contributed by atoms with Crippen LogP contribution in [-0.2, 0) is 17.8 Å². The number of aryl methyl sites for hydroxylation is 1. The Hall–Kier alpha value is -0.870. The van der Waals surface area contributed by atoms with Crippen LogP contribution in [0.4, 0.5) is 0 Å². The Labute approximate surface area is 103 Å². The number of nitrogens with one attached hydrogen (secondary N) is 1. The van der Waals surface area contributed by atoms with Gasteiger partial charge < -0.3 is 14.6 Å². The highest BCUT2D eigenvalue weighted by Gasteiger charge is 2.20. The fraction of sp³-hybridized carbons (Fsp3) is 0.769. The first-order valence-electron chi connectivity index (χ1n) is 6.67. The van der Waals surface area contributed by atoms with Gasteiger partial charge in [-0.05, 0) is 25.2 Å². The van der Waals surface area contributed by atoms with E-state index in [1.807, 2.05) is 12.5 Å². The van der Waals surface area contributed by atoms with Crippen molar-refractivity contribution >= 4 is 0 Å². The highest BCUT2D eigenvalue weighted by Crippen LogP contribution is 2.28. The Bertz CT molecular complexity index is 320. The molecule has 0 spiro atoms. The minimum Gasteiger partial charge on any atom is -0.380 e. The maximum atomic E-state index is 5.57. The Balaban J connectivity index is 1.55. The average molecular weight is 237 g/mol. The molecule has 1 aromatic rings. The van der Waals surface area contributed by atoms with Crippen molar-refractivity contribution in [2.45, 2.75) is 39.3 Å². The summed E-state index contributed by atoms with van der Waals surface area (Å²) < 4.78 is 7.78. The lowest BCUT2D eigenvalue weighted by atomic mass is 10.4. The monoisotopic (exact) mass is 237 g/mol. The molecule has 4 nitrogen and oxygen atoms in total. The first kappa shape index (κ1) is 12.6. The quantitative estimate of drug-likeness (QED) is 0.666. The maximum absolute atomic E-state index is 5.57. The second-order valence-electron chi connectivity index (χ2n) is 4.77. The summed E-state index contributed by atoms with van der Waals surface area (Å²) >= 11 is 0. The Morgan fingerprint density at radius 3 is 3.18 bits per heavy atom. The number of aromatic nitrogens is 2. The fourth-order valence-electron chi connectivity index (χ4n) is 1.83. The van der Waals surface area contributed by atoms with Crippen LogP contribution in [0.2, 0.25) is 0 Å². The van der Waals surface area contributed by atoms with Gasteiger partial charge in [-0.15, -0.1) is 0 Å². The molecule has 0 amide bonds. The molecule has 1 aromatic heterocycles. The predicted octanol–water partition coefficient (Wildman–Crippen LogP) is 1.81. The van der Waals surface area contributed by atoms with Gasteiger partial charge in [-0.3, -0.25) is 0 Å². The number of rotatable bonds is 9. The van der Waals surface area contributed by atoms with E-state index in [0.29, 0.717) is 0 Å².